The fraction of sp³-hybridized carbons (Fsp3) is 0.381. The minimum absolute atomic E-state index is 0.0155. The summed E-state index contributed by atoms with van der Waals surface area (Å²) >= 11 is 0. The molecule has 164 valence electrons. The van der Waals surface area contributed by atoms with Gasteiger partial charge in [0.1, 0.15) is 11.4 Å². The Morgan fingerprint density at radius 3 is 2.52 bits per heavy atom. The number of carbonyl (C=O) groups excluding carboxylic acids is 1. The molecule has 7 nitrogen and oxygen atoms in total. The van der Waals surface area contributed by atoms with Crippen LogP contribution in [0.15, 0.2) is 36.5 Å². The quantitative estimate of drug-likeness (QED) is 0.747. The summed E-state index contributed by atoms with van der Waals surface area (Å²) in [5, 5.41) is 3.26. The number of halogens is 3. The number of nitrogens with zero attached hydrogens (tertiary/aromatic N) is 4. The minimum Gasteiger partial charge on any atom is -0.406 e. The Hall–Kier alpha value is -3.30. The van der Waals surface area contributed by atoms with E-state index in [0.717, 1.165) is 17.0 Å². The molecule has 1 aromatic heterocycles. The Labute approximate surface area is 177 Å². The molecule has 10 heteroatoms. The zero-order valence-electron chi connectivity index (χ0n) is 17.1. The highest BCUT2D eigenvalue weighted by molar-refractivity contribution is 6.02. The first-order chi connectivity index (χ1) is 14.8. The van der Waals surface area contributed by atoms with Gasteiger partial charge in [-0.15, -0.1) is 13.2 Å². The van der Waals surface area contributed by atoms with Gasteiger partial charge in [-0.25, -0.2) is 4.98 Å². The molecule has 0 unspecified atom stereocenters. The third-order valence-electron chi connectivity index (χ3n) is 5.28. The fourth-order valence-corrected chi connectivity index (χ4v) is 3.71. The van der Waals surface area contributed by atoms with Gasteiger partial charge in [-0.3, -0.25) is 4.79 Å². The highest BCUT2D eigenvalue weighted by Gasteiger charge is 2.32. The zero-order valence-corrected chi connectivity index (χ0v) is 17.1. The van der Waals surface area contributed by atoms with Crippen LogP contribution < -0.4 is 19.9 Å². The van der Waals surface area contributed by atoms with Gasteiger partial charge in [0, 0.05) is 13.1 Å². The number of nitrogens with one attached hydrogen (secondary N) is 1. The molecule has 1 aromatic carbocycles. The number of alkyl halides is 3. The van der Waals surface area contributed by atoms with Crippen LogP contribution in [0, 0.1) is 0 Å². The van der Waals surface area contributed by atoms with Crippen LogP contribution >= 0.6 is 0 Å². The number of likely N-dealkylation sites (N-methyl/N-ethyl adjacent to an activating group) is 2. The van der Waals surface area contributed by atoms with Gasteiger partial charge < -0.3 is 19.9 Å². The van der Waals surface area contributed by atoms with E-state index in [1.165, 1.54) is 12.1 Å². The molecule has 1 aliphatic heterocycles. The van der Waals surface area contributed by atoms with E-state index in [4.69, 9.17) is 0 Å². The maximum atomic E-state index is 12.3. The lowest BCUT2D eigenvalue weighted by atomic mass is 9.87. The number of fused-ring (bicyclic) bond motifs is 1. The minimum atomic E-state index is -4.70. The molecule has 0 spiro atoms. The highest BCUT2D eigenvalue weighted by atomic mass is 19.4. The first-order valence-electron chi connectivity index (χ1n) is 10.0. The molecular weight excluding hydrogens is 411 g/mol. The van der Waals surface area contributed by atoms with Gasteiger partial charge in [-0.2, -0.15) is 4.98 Å². The maximum absolute atomic E-state index is 12.3. The largest absolute Gasteiger partial charge is 0.573 e. The van der Waals surface area contributed by atoms with E-state index in [1.807, 2.05) is 24.8 Å². The Balaban J connectivity index is 1.44. The first-order valence-corrected chi connectivity index (χ1v) is 10.0. The van der Waals surface area contributed by atoms with Gasteiger partial charge >= 0.3 is 6.36 Å². The topological polar surface area (TPSA) is 70.6 Å². The molecule has 1 aliphatic carbocycles. The molecule has 1 N–H and O–H groups in total. The summed E-state index contributed by atoms with van der Waals surface area (Å²) in [6.07, 6.45) is -0.356. The molecule has 31 heavy (non-hydrogen) atoms. The van der Waals surface area contributed by atoms with Crippen LogP contribution in [-0.2, 0) is 4.79 Å². The second-order valence-corrected chi connectivity index (χ2v) is 7.27. The average Bonchev–Trinajstić information content (AvgIpc) is 2.69. The number of amides is 1. The second kappa shape index (κ2) is 8.09. The van der Waals surface area contributed by atoms with Crippen molar-refractivity contribution < 1.29 is 22.7 Å². The Morgan fingerprint density at radius 2 is 1.90 bits per heavy atom. The molecule has 2 heterocycles. The summed E-state index contributed by atoms with van der Waals surface area (Å²) < 4.78 is 40.7. The van der Waals surface area contributed by atoms with Crippen molar-refractivity contribution in [3.05, 3.63) is 42.1 Å². The summed E-state index contributed by atoms with van der Waals surface area (Å²) in [4.78, 5) is 24.9. The summed E-state index contributed by atoms with van der Waals surface area (Å²) in [5.41, 5.74) is 2.57. The number of rotatable bonds is 6. The fourth-order valence-electron chi connectivity index (χ4n) is 3.71. The van der Waals surface area contributed by atoms with E-state index < -0.39 is 6.36 Å². The van der Waals surface area contributed by atoms with E-state index >= 15 is 0 Å². The van der Waals surface area contributed by atoms with Gasteiger partial charge in [0.15, 0.2) is 5.82 Å². The van der Waals surface area contributed by atoms with Crippen molar-refractivity contribution in [1.82, 2.24) is 9.97 Å². The molecule has 0 saturated heterocycles. The molecule has 0 saturated carbocycles. The van der Waals surface area contributed by atoms with E-state index in [-0.39, 0.29) is 24.2 Å². The third kappa shape index (κ3) is 4.42. The van der Waals surface area contributed by atoms with Crippen LogP contribution in [0.2, 0.25) is 0 Å². The average molecular weight is 433 g/mol. The van der Waals surface area contributed by atoms with Crippen molar-refractivity contribution >= 4 is 28.9 Å². The number of aromatic nitrogens is 2. The van der Waals surface area contributed by atoms with E-state index in [9.17, 15) is 18.0 Å². The SMILES string of the molecule is CCN1CC(=O)N(CC)c2cnc(N[C@@H]3C=C(c4ccc(OC(F)(F)F)cc4)C3)nc21. The Bertz CT molecular complexity index is 1010. The predicted molar refractivity (Wildman–Crippen MR) is 111 cm³/mol. The van der Waals surface area contributed by atoms with Gasteiger partial charge in [-0.05, 0) is 43.5 Å². The standard InChI is InChI=1S/C21H22F3N5O2/c1-3-28-12-18(30)29(4-2)17-11-25-20(27-19(17)28)26-15-9-14(10-15)13-5-7-16(8-6-13)31-21(22,23)24/h5-9,11,15H,3-4,10,12H2,1-2H3,(H,25,26,27)/t15-/m1/s1. The van der Waals surface area contributed by atoms with Crippen molar-refractivity contribution in [2.75, 3.05) is 34.8 Å². The lowest BCUT2D eigenvalue weighted by molar-refractivity contribution is -0.274. The molecule has 0 fully saturated rings. The lowest BCUT2D eigenvalue weighted by Crippen LogP contribution is -2.46. The number of hydrogen-bond donors (Lipinski definition) is 1. The second-order valence-electron chi connectivity index (χ2n) is 7.27. The zero-order chi connectivity index (χ0) is 22.2. The van der Waals surface area contributed by atoms with Gasteiger partial charge in [-0.1, -0.05) is 18.2 Å². The van der Waals surface area contributed by atoms with Crippen LogP contribution in [0.5, 0.6) is 5.75 Å². The van der Waals surface area contributed by atoms with Crippen LogP contribution in [0.25, 0.3) is 5.57 Å². The smallest absolute Gasteiger partial charge is 0.406 e. The molecule has 0 radical (unpaired) electrons. The van der Waals surface area contributed by atoms with E-state index in [2.05, 4.69) is 20.0 Å². The Kier molecular flexibility index (Phi) is 5.47. The third-order valence-corrected chi connectivity index (χ3v) is 5.28. The molecular formula is C21H22F3N5O2. The summed E-state index contributed by atoms with van der Waals surface area (Å²) in [6, 6.07) is 5.83. The van der Waals surface area contributed by atoms with Crippen molar-refractivity contribution in [2.45, 2.75) is 32.7 Å². The normalized spacial score (nSPS) is 18.3. The summed E-state index contributed by atoms with van der Waals surface area (Å²) in [5.74, 6) is 0.981. The molecule has 1 atom stereocenters. The molecule has 2 aliphatic rings. The number of ether oxygens (including phenoxy) is 1. The number of hydrogen-bond acceptors (Lipinski definition) is 6. The van der Waals surface area contributed by atoms with Crippen LogP contribution in [0.4, 0.5) is 30.6 Å². The highest BCUT2D eigenvalue weighted by Crippen LogP contribution is 2.35. The number of carbonyl (C=O) groups is 1. The number of benzene rings is 1. The van der Waals surface area contributed by atoms with Crippen molar-refractivity contribution in [1.29, 1.82) is 0 Å². The van der Waals surface area contributed by atoms with E-state index in [0.29, 0.717) is 31.1 Å². The first kappa shape index (κ1) is 21.0. The number of anilines is 3. The molecule has 2 aromatic rings. The van der Waals surface area contributed by atoms with Crippen molar-refractivity contribution in [3.63, 3.8) is 0 Å². The molecule has 4 rings (SSSR count). The van der Waals surface area contributed by atoms with E-state index in [1.54, 1.807) is 23.2 Å². The molecule has 1 amide bonds. The summed E-state index contributed by atoms with van der Waals surface area (Å²) in [6.45, 7) is 5.39. The van der Waals surface area contributed by atoms with Crippen molar-refractivity contribution in [2.24, 2.45) is 0 Å². The Morgan fingerprint density at radius 1 is 1.19 bits per heavy atom. The predicted octanol–water partition coefficient (Wildman–Crippen LogP) is 3.84. The monoisotopic (exact) mass is 433 g/mol. The lowest BCUT2D eigenvalue weighted by Gasteiger charge is -2.35. The van der Waals surface area contributed by atoms with Crippen molar-refractivity contribution in [3.8, 4) is 5.75 Å². The molecule has 0 bridgehead atoms. The maximum Gasteiger partial charge on any atom is 0.573 e. The van der Waals surface area contributed by atoms with Gasteiger partial charge in [0.25, 0.3) is 0 Å². The van der Waals surface area contributed by atoms with Crippen LogP contribution in [0.1, 0.15) is 25.8 Å². The summed E-state index contributed by atoms with van der Waals surface area (Å²) in [7, 11) is 0. The van der Waals surface area contributed by atoms with Gasteiger partial charge in [0.05, 0.1) is 18.8 Å². The van der Waals surface area contributed by atoms with Crippen LogP contribution in [0.3, 0.4) is 0 Å². The van der Waals surface area contributed by atoms with Gasteiger partial charge in [0.2, 0.25) is 11.9 Å². The van der Waals surface area contributed by atoms with Crippen LogP contribution in [-0.4, -0.2) is 47.9 Å².